The number of esters is 4. The van der Waals surface area contributed by atoms with Crippen LogP contribution in [-0.2, 0) is 65.4 Å². The number of aliphatic hydroxyl groups is 1. The smallest absolute Gasteiger partial charge is 0.462 e. The van der Waals surface area contributed by atoms with Crippen LogP contribution >= 0.6 is 15.6 Å². The van der Waals surface area contributed by atoms with Gasteiger partial charge >= 0.3 is 39.5 Å². The van der Waals surface area contributed by atoms with Gasteiger partial charge in [0, 0.05) is 25.7 Å². The number of hydrogen-bond acceptors (Lipinski definition) is 15. The monoisotopic (exact) mass is 1320 g/mol. The van der Waals surface area contributed by atoms with Crippen molar-refractivity contribution in [2.75, 3.05) is 39.6 Å². The number of carbonyl (C=O) groups is 4. The van der Waals surface area contributed by atoms with Crippen molar-refractivity contribution in [2.45, 2.75) is 381 Å². The second-order valence-electron chi connectivity index (χ2n) is 26.3. The molecule has 0 aliphatic carbocycles. The highest BCUT2D eigenvalue weighted by Gasteiger charge is 2.30. The van der Waals surface area contributed by atoms with Crippen LogP contribution in [0.15, 0.2) is 0 Å². The summed E-state index contributed by atoms with van der Waals surface area (Å²) < 4.78 is 68.2. The lowest BCUT2D eigenvalue weighted by atomic mass is 10.00. The average molecular weight is 1330 g/mol. The molecule has 534 valence electrons. The maximum Gasteiger partial charge on any atom is 0.472 e. The molecule has 0 fully saturated rings. The quantitative estimate of drug-likeness (QED) is 0.0222. The number of hydrogen-bond donors (Lipinski definition) is 3. The summed E-state index contributed by atoms with van der Waals surface area (Å²) in [6.45, 7) is 9.51. The minimum atomic E-state index is -4.95. The zero-order valence-electron chi connectivity index (χ0n) is 58.4. The molecule has 0 radical (unpaired) electrons. The number of carbonyl (C=O) groups excluding carboxylic acids is 4. The highest BCUT2D eigenvalue weighted by atomic mass is 31.2. The van der Waals surface area contributed by atoms with Gasteiger partial charge in [0.2, 0.25) is 0 Å². The Hall–Kier alpha value is -1.94. The van der Waals surface area contributed by atoms with E-state index in [0.29, 0.717) is 25.7 Å². The molecule has 0 spiro atoms. The summed E-state index contributed by atoms with van der Waals surface area (Å²) in [6, 6.07) is 0. The van der Waals surface area contributed by atoms with Gasteiger partial charge in [-0.25, -0.2) is 9.13 Å². The van der Waals surface area contributed by atoms with E-state index in [1.165, 1.54) is 173 Å². The maximum atomic E-state index is 13.0. The van der Waals surface area contributed by atoms with Gasteiger partial charge in [0.1, 0.15) is 19.3 Å². The Morgan fingerprint density at radius 1 is 0.322 bits per heavy atom. The Labute approximate surface area is 549 Å². The van der Waals surface area contributed by atoms with E-state index in [9.17, 15) is 43.2 Å². The van der Waals surface area contributed by atoms with Crippen molar-refractivity contribution < 1.29 is 80.2 Å². The van der Waals surface area contributed by atoms with E-state index in [2.05, 4.69) is 41.5 Å². The summed E-state index contributed by atoms with van der Waals surface area (Å²) in [5.41, 5.74) is 0. The summed E-state index contributed by atoms with van der Waals surface area (Å²) in [5, 5.41) is 10.6. The fraction of sp³-hybridized carbons (Fsp3) is 0.944. The maximum absolute atomic E-state index is 13.0. The predicted molar refractivity (Wildman–Crippen MR) is 363 cm³/mol. The third kappa shape index (κ3) is 63.5. The van der Waals surface area contributed by atoms with Crippen molar-refractivity contribution in [2.24, 2.45) is 11.8 Å². The van der Waals surface area contributed by atoms with Crippen molar-refractivity contribution >= 4 is 39.5 Å². The third-order valence-electron chi connectivity index (χ3n) is 16.8. The Balaban J connectivity index is 5.21. The number of unbranched alkanes of at least 4 members (excludes halogenated alkanes) is 39. The van der Waals surface area contributed by atoms with Crippen LogP contribution in [0.1, 0.15) is 363 Å². The van der Waals surface area contributed by atoms with Crippen LogP contribution in [0, 0.1) is 11.8 Å². The van der Waals surface area contributed by atoms with E-state index in [1.54, 1.807) is 0 Å². The molecule has 0 aromatic rings. The minimum Gasteiger partial charge on any atom is -0.462 e. The molecule has 0 heterocycles. The molecular formula is C71H138O17P2. The van der Waals surface area contributed by atoms with Crippen LogP contribution < -0.4 is 0 Å². The standard InChI is InChI=1S/C71H138O17P2/c1-7-10-12-14-16-18-19-20-21-25-28-31-35-42-48-54-69(74)82-59-66(87-70(75)55-49-43-36-32-29-26-23-22-24-27-30-33-39-45-51-63(4)5)61-85-89(77,78)83-57-65(72)58-84-90(79,80)86-62-67(60-81-68(73)53-47-41-34-17-15-13-11-8-2)88-71(76)56-50-44-38-37-40-46-52-64(6)9-3/h63-67,72H,7-62H2,1-6H3,(H,77,78)(H,79,80)/t64?,65-,66-,67-/m1/s1. The zero-order chi connectivity index (χ0) is 66.5. The van der Waals surface area contributed by atoms with Crippen molar-refractivity contribution in [3.63, 3.8) is 0 Å². The molecule has 0 saturated heterocycles. The van der Waals surface area contributed by atoms with E-state index >= 15 is 0 Å². The number of ether oxygens (including phenoxy) is 4. The first kappa shape index (κ1) is 88.1. The lowest BCUT2D eigenvalue weighted by molar-refractivity contribution is -0.161. The van der Waals surface area contributed by atoms with Crippen molar-refractivity contribution in [3.05, 3.63) is 0 Å². The SMILES string of the molecule is CCCCCCCCCCCCCCCCCC(=O)OC[C@H](COP(=O)(O)OC[C@@H](O)COP(=O)(O)OC[C@@H](COC(=O)CCCCCCCCCC)OC(=O)CCCCCCCCC(C)CC)OC(=O)CCCCCCCCCCCCCCCCC(C)C. The van der Waals surface area contributed by atoms with Crippen LogP contribution in [-0.4, -0.2) is 96.7 Å². The lowest BCUT2D eigenvalue weighted by Gasteiger charge is -2.21. The van der Waals surface area contributed by atoms with Gasteiger partial charge in [-0.3, -0.25) is 37.3 Å². The molecule has 17 nitrogen and oxygen atoms in total. The molecule has 6 atom stereocenters. The van der Waals surface area contributed by atoms with Crippen molar-refractivity contribution in [1.29, 1.82) is 0 Å². The van der Waals surface area contributed by atoms with Crippen molar-refractivity contribution in [1.82, 2.24) is 0 Å². The first-order valence-corrected chi connectivity index (χ1v) is 40.0. The molecule has 0 aliphatic rings. The first-order valence-electron chi connectivity index (χ1n) is 37.0. The molecule has 0 aliphatic heterocycles. The van der Waals surface area contributed by atoms with Gasteiger partial charge in [-0.1, -0.05) is 311 Å². The summed E-state index contributed by atoms with van der Waals surface area (Å²) >= 11 is 0. The van der Waals surface area contributed by atoms with Gasteiger partial charge in [0.25, 0.3) is 0 Å². The van der Waals surface area contributed by atoms with Gasteiger partial charge < -0.3 is 33.8 Å². The Morgan fingerprint density at radius 3 is 0.844 bits per heavy atom. The molecule has 0 saturated carbocycles. The molecule has 0 bridgehead atoms. The van der Waals surface area contributed by atoms with Crippen LogP contribution in [0.3, 0.4) is 0 Å². The van der Waals surface area contributed by atoms with E-state index in [4.69, 9.17) is 37.0 Å². The number of phosphoric acid groups is 2. The molecule has 0 aromatic heterocycles. The second kappa shape index (κ2) is 63.1. The first-order chi connectivity index (χ1) is 43.4. The average Bonchev–Trinajstić information content (AvgIpc) is 3.60. The van der Waals surface area contributed by atoms with Gasteiger partial charge in [0.15, 0.2) is 12.2 Å². The van der Waals surface area contributed by atoms with E-state index < -0.39 is 97.5 Å². The summed E-state index contributed by atoms with van der Waals surface area (Å²) in [5.74, 6) is -0.611. The molecule has 19 heteroatoms. The highest BCUT2D eigenvalue weighted by Crippen LogP contribution is 2.45. The molecule has 0 aromatic carbocycles. The number of rotatable bonds is 70. The Kier molecular flexibility index (Phi) is 61.8. The van der Waals surface area contributed by atoms with Crippen LogP contribution in [0.4, 0.5) is 0 Å². The van der Waals surface area contributed by atoms with Gasteiger partial charge in [0.05, 0.1) is 26.4 Å². The fourth-order valence-electron chi connectivity index (χ4n) is 10.7. The van der Waals surface area contributed by atoms with Gasteiger partial charge in [-0.05, 0) is 37.5 Å². The minimum absolute atomic E-state index is 0.103. The molecule has 90 heavy (non-hydrogen) atoms. The Morgan fingerprint density at radius 2 is 0.567 bits per heavy atom. The molecule has 3 unspecified atom stereocenters. The number of aliphatic hydroxyl groups excluding tert-OH is 1. The molecular weight excluding hydrogens is 1190 g/mol. The van der Waals surface area contributed by atoms with Crippen LogP contribution in [0.2, 0.25) is 0 Å². The summed E-state index contributed by atoms with van der Waals surface area (Å²) in [7, 11) is -9.90. The molecule has 3 N–H and O–H groups in total. The molecule has 0 rings (SSSR count). The van der Waals surface area contributed by atoms with Gasteiger partial charge in [-0.15, -0.1) is 0 Å². The topological polar surface area (TPSA) is 237 Å². The largest absolute Gasteiger partial charge is 0.472 e. The van der Waals surface area contributed by atoms with Gasteiger partial charge in [-0.2, -0.15) is 0 Å². The third-order valence-corrected chi connectivity index (χ3v) is 18.7. The number of phosphoric ester groups is 2. The lowest BCUT2D eigenvalue weighted by Crippen LogP contribution is -2.30. The normalized spacial score (nSPS) is 14.4. The van der Waals surface area contributed by atoms with E-state index in [1.807, 2.05) is 0 Å². The van der Waals surface area contributed by atoms with Crippen LogP contribution in [0.25, 0.3) is 0 Å². The Bertz CT molecular complexity index is 1750. The second-order valence-corrected chi connectivity index (χ2v) is 29.3. The predicted octanol–water partition coefficient (Wildman–Crippen LogP) is 20.4. The summed E-state index contributed by atoms with van der Waals surface area (Å²) in [6.07, 6.45) is 48.7. The fourth-order valence-corrected chi connectivity index (χ4v) is 12.3. The summed E-state index contributed by atoms with van der Waals surface area (Å²) in [4.78, 5) is 72.5. The highest BCUT2D eigenvalue weighted by molar-refractivity contribution is 7.47. The molecule has 0 amide bonds. The van der Waals surface area contributed by atoms with Crippen LogP contribution in [0.5, 0.6) is 0 Å². The zero-order valence-corrected chi connectivity index (χ0v) is 60.2. The van der Waals surface area contributed by atoms with Crippen molar-refractivity contribution in [3.8, 4) is 0 Å². The van der Waals surface area contributed by atoms with E-state index in [0.717, 1.165) is 108 Å². The van der Waals surface area contributed by atoms with E-state index in [-0.39, 0.29) is 25.7 Å².